The molecule has 0 saturated carbocycles. The fraction of sp³-hybridized carbons (Fsp3) is 0.467. The number of benzene rings is 2. The molecule has 0 fully saturated rings. The number of unbranched alkanes of at least 4 members (excludes halogenated alkanes) is 4. The number of nitrogens with one attached hydrogen (secondary N) is 4. The summed E-state index contributed by atoms with van der Waals surface area (Å²) in [5, 5.41) is 12.1. The van der Waals surface area contributed by atoms with Crippen molar-refractivity contribution in [3.63, 3.8) is 0 Å². The average Bonchev–Trinajstić information content (AvgIpc) is 2.91. The lowest BCUT2D eigenvalue weighted by atomic mass is 9.82. The molecule has 204 valence electrons. The van der Waals surface area contributed by atoms with E-state index >= 15 is 0 Å². The Bertz CT molecular complexity index is 1090. The highest BCUT2D eigenvalue weighted by molar-refractivity contribution is 6.32. The van der Waals surface area contributed by atoms with Gasteiger partial charge >= 0.3 is 0 Å². The molecule has 2 amide bonds. The lowest BCUT2D eigenvalue weighted by molar-refractivity contribution is -0.118. The Morgan fingerprint density at radius 2 is 1.05 bits per heavy atom. The van der Waals surface area contributed by atoms with Crippen molar-refractivity contribution in [2.75, 3.05) is 23.7 Å². The molecule has 8 heteroatoms. The number of carbonyl (C=O) groups is 4. The first-order chi connectivity index (χ1) is 18.3. The van der Waals surface area contributed by atoms with Crippen molar-refractivity contribution in [1.82, 2.24) is 10.6 Å². The lowest BCUT2D eigenvalue weighted by Gasteiger charge is -2.24. The van der Waals surface area contributed by atoms with Gasteiger partial charge in [0, 0.05) is 11.1 Å². The molecule has 0 aliphatic heterocycles. The smallest absolute Gasteiger partial charge is 0.241 e. The second-order valence-electron chi connectivity index (χ2n) is 9.86. The van der Waals surface area contributed by atoms with Gasteiger partial charge in [-0.1, -0.05) is 63.8 Å². The van der Waals surface area contributed by atoms with E-state index in [4.69, 9.17) is 0 Å². The van der Waals surface area contributed by atoms with Gasteiger partial charge in [-0.3, -0.25) is 19.2 Å². The van der Waals surface area contributed by atoms with Gasteiger partial charge in [0.15, 0.2) is 11.6 Å². The number of amides is 2. The summed E-state index contributed by atoms with van der Waals surface area (Å²) in [5.74, 6) is -1.28. The van der Waals surface area contributed by atoms with E-state index in [9.17, 15) is 19.2 Å². The van der Waals surface area contributed by atoms with Crippen LogP contribution in [0.1, 0.15) is 98.1 Å². The van der Waals surface area contributed by atoms with Crippen LogP contribution >= 0.6 is 0 Å². The molecule has 38 heavy (non-hydrogen) atoms. The number of rotatable bonds is 14. The Balaban J connectivity index is 1.79. The second kappa shape index (κ2) is 14.0. The minimum Gasteiger partial charge on any atom is -0.324 e. The number of carbonyl (C=O) groups excluding carboxylic acids is 4. The SMILES string of the molecule is CCCCCNC(C)C(=O)Nc1cccc2c1C(=O)c1cccc(NC(=O)C(C)NCCCCC)c1C2=O. The maximum absolute atomic E-state index is 13.6. The zero-order valence-corrected chi connectivity index (χ0v) is 22.9. The molecule has 3 rings (SSSR count). The van der Waals surface area contributed by atoms with E-state index in [2.05, 4.69) is 35.1 Å². The maximum atomic E-state index is 13.6. The van der Waals surface area contributed by atoms with E-state index in [0.29, 0.717) is 11.4 Å². The highest BCUT2D eigenvalue weighted by Gasteiger charge is 2.34. The largest absolute Gasteiger partial charge is 0.324 e. The van der Waals surface area contributed by atoms with Crippen LogP contribution in [0.2, 0.25) is 0 Å². The average molecular weight is 521 g/mol. The van der Waals surface area contributed by atoms with Gasteiger partial charge in [0.1, 0.15) is 0 Å². The van der Waals surface area contributed by atoms with Gasteiger partial charge in [0.05, 0.1) is 34.6 Å². The molecule has 2 atom stereocenters. The number of fused-ring (bicyclic) bond motifs is 2. The molecule has 8 nitrogen and oxygen atoms in total. The summed E-state index contributed by atoms with van der Waals surface area (Å²) in [4.78, 5) is 52.8. The van der Waals surface area contributed by atoms with Gasteiger partial charge < -0.3 is 21.3 Å². The van der Waals surface area contributed by atoms with E-state index < -0.39 is 12.1 Å². The first kappa shape index (κ1) is 29.2. The summed E-state index contributed by atoms with van der Waals surface area (Å²) in [5.41, 5.74) is 1.36. The second-order valence-corrected chi connectivity index (χ2v) is 9.86. The lowest BCUT2D eigenvalue weighted by Crippen LogP contribution is -2.39. The summed E-state index contributed by atoms with van der Waals surface area (Å²) in [6.07, 6.45) is 6.31. The van der Waals surface area contributed by atoms with Crippen molar-refractivity contribution in [1.29, 1.82) is 0 Å². The van der Waals surface area contributed by atoms with Gasteiger partial charge in [0.25, 0.3) is 0 Å². The number of hydrogen-bond donors (Lipinski definition) is 4. The molecule has 0 aromatic heterocycles. The molecular weight excluding hydrogens is 480 g/mol. The highest BCUT2D eigenvalue weighted by atomic mass is 16.2. The van der Waals surface area contributed by atoms with Crippen LogP contribution < -0.4 is 21.3 Å². The summed E-state index contributed by atoms with van der Waals surface area (Å²) < 4.78 is 0. The Kier molecular flexibility index (Phi) is 10.7. The molecule has 0 saturated heterocycles. The fourth-order valence-corrected chi connectivity index (χ4v) is 4.50. The number of hydrogen-bond acceptors (Lipinski definition) is 6. The van der Waals surface area contributed by atoms with Crippen molar-refractivity contribution >= 4 is 34.8 Å². The molecule has 1 aliphatic carbocycles. The van der Waals surface area contributed by atoms with Gasteiger partial charge in [-0.15, -0.1) is 0 Å². The molecule has 2 aromatic rings. The van der Waals surface area contributed by atoms with Crippen LogP contribution in [-0.4, -0.2) is 48.6 Å². The molecule has 0 spiro atoms. The van der Waals surface area contributed by atoms with Crippen molar-refractivity contribution in [3.05, 3.63) is 58.7 Å². The third kappa shape index (κ3) is 6.94. The van der Waals surface area contributed by atoms with Crippen LogP contribution in [0, 0.1) is 0 Å². The standard InChI is InChI=1S/C30H40N4O4/c1-5-7-9-17-31-19(3)29(37)33-23-15-11-13-21-25(23)27(35)22-14-12-16-24(26(22)28(21)36)34-30(38)20(4)32-18-10-8-6-2/h11-16,19-20,31-32H,5-10,17-18H2,1-4H3,(H,33,37)(H,34,38). The topological polar surface area (TPSA) is 116 Å². The minimum absolute atomic E-state index is 0.172. The molecule has 2 aromatic carbocycles. The summed E-state index contributed by atoms with van der Waals surface area (Å²) in [6.45, 7) is 9.23. The van der Waals surface area contributed by atoms with Gasteiger partial charge in [-0.05, 0) is 51.9 Å². The Morgan fingerprint density at radius 1 is 0.658 bits per heavy atom. The van der Waals surface area contributed by atoms with Crippen LogP contribution in [0.25, 0.3) is 0 Å². The van der Waals surface area contributed by atoms with Crippen LogP contribution in [0.5, 0.6) is 0 Å². The zero-order chi connectivity index (χ0) is 27.7. The van der Waals surface area contributed by atoms with Gasteiger partial charge in [0.2, 0.25) is 11.8 Å². The molecule has 1 aliphatic rings. The fourth-order valence-electron chi connectivity index (χ4n) is 4.50. The normalized spacial score (nSPS) is 13.9. The van der Waals surface area contributed by atoms with Crippen molar-refractivity contribution in [2.45, 2.75) is 78.3 Å². The molecule has 0 radical (unpaired) electrons. The zero-order valence-electron chi connectivity index (χ0n) is 22.9. The van der Waals surface area contributed by atoms with E-state index in [1.54, 1.807) is 50.2 Å². The number of ketones is 2. The van der Waals surface area contributed by atoms with Crippen molar-refractivity contribution in [3.8, 4) is 0 Å². The predicted octanol–water partition coefficient (Wildman–Crippen LogP) is 4.68. The van der Waals surface area contributed by atoms with Crippen LogP contribution in [0.3, 0.4) is 0 Å². The molecule has 0 bridgehead atoms. The highest BCUT2D eigenvalue weighted by Crippen LogP contribution is 2.35. The predicted molar refractivity (Wildman–Crippen MR) is 151 cm³/mol. The molecule has 4 N–H and O–H groups in total. The Morgan fingerprint density at radius 3 is 1.42 bits per heavy atom. The summed E-state index contributed by atoms with van der Waals surface area (Å²) >= 11 is 0. The summed E-state index contributed by atoms with van der Waals surface area (Å²) in [7, 11) is 0. The molecule has 0 heterocycles. The van der Waals surface area contributed by atoms with Gasteiger partial charge in [-0.2, -0.15) is 0 Å². The van der Waals surface area contributed by atoms with Crippen LogP contribution in [0.15, 0.2) is 36.4 Å². The number of anilines is 2. The van der Waals surface area contributed by atoms with Crippen molar-refractivity contribution < 1.29 is 19.2 Å². The van der Waals surface area contributed by atoms with E-state index in [-0.39, 0.29) is 45.6 Å². The molecule has 2 unspecified atom stereocenters. The minimum atomic E-state index is -0.455. The first-order valence-corrected chi connectivity index (χ1v) is 13.7. The molecular formula is C30H40N4O4. The maximum Gasteiger partial charge on any atom is 0.241 e. The van der Waals surface area contributed by atoms with Crippen molar-refractivity contribution in [2.24, 2.45) is 0 Å². The quantitative estimate of drug-likeness (QED) is 0.230. The van der Waals surface area contributed by atoms with Crippen LogP contribution in [0.4, 0.5) is 11.4 Å². The monoisotopic (exact) mass is 520 g/mol. The first-order valence-electron chi connectivity index (χ1n) is 13.7. The van der Waals surface area contributed by atoms with E-state index in [0.717, 1.165) is 51.6 Å². The van der Waals surface area contributed by atoms with E-state index in [1.165, 1.54) is 0 Å². The Labute approximate surface area is 225 Å². The summed E-state index contributed by atoms with van der Waals surface area (Å²) in [6, 6.07) is 8.81. The van der Waals surface area contributed by atoms with E-state index in [1.807, 2.05) is 0 Å². The third-order valence-electron chi connectivity index (χ3n) is 6.84. The third-order valence-corrected chi connectivity index (χ3v) is 6.84. The Hall–Kier alpha value is -3.36. The van der Waals surface area contributed by atoms with Crippen LogP contribution in [-0.2, 0) is 9.59 Å². The van der Waals surface area contributed by atoms with Gasteiger partial charge in [-0.25, -0.2) is 0 Å².